The van der Waals surface area contributed by atoms with Crippen molar-refractivity contribution in [2.75, 3.05) is 13.6 Å². The van der Waals surface area contributed by atoms with Gasteiger partial charge in [0.25, 0.3) is 5.91 Å². The molecule has 0 aromatic rings. The molecule has 0 N–H and O–H groups in total. The van der Waals surface area contributed by atoms with Gasteiger partial charge in [-0.25, -0.2) is 5.11 Å². The Balaban J connectivity index is 3.50. The van der Waals surface area contributed by atoms with Gasteiger partial charge < -0.3 is 4.90 Å². The Hall–Kier alpha value is -0.570. The minimum absolute atomic E-state index is 0.295. The van der Waals surface area contributed by atoms with E-state index < -0.39 is 6.10 Å². The van der Waals surface area contributed by atoms with E-state index in [1.54, 1.807) is 7.05 Å². The van der Waals surface area contributed by atoms with E-state index in [1.165, 1.54) is 24.7 Å². The molecule has 1 amide bonds. The van der Waals surface area contributed by atoms with Crippen molar-refractivity contribution in [2.24, 2.45) is 0 Å². The number of nitrogens with zero attached hydrogens (tertiary/aromatic N) is 1. The Labute approximate surface area is 80.7 Å². The maximum atomic E-state index is 11.1. The zero-order chi connectivity index (χ0) is 10.3. The van der Waals surface area contributed by atoms with Gasteiger partial charge in [-0.2, -0.15) is 0 Å². The molecule has 1 radical (unpaired) electrons. The highest BCUT2D eigenvalue weighted by Crippen LogP contribution is 2.01. The molecule has 0 aromatic carbocycles. The maximum absolute atomic E-state index is 11.1. The van der Waals surface area contributed by atoms with Crippen molar-refractivity contribution in [2.45, 2.75) is 45.6 Å². The SMILES string of the molecule is CCCCCCN(C)C(=O)C(C)[O]. The largest absolute Gasteiger partial charge is 0.343 e. The minimum Gasteiger partial charge on any atom is -0.343 e. The molecule has 77 valence electrons. The molecular weight excluding hydrogens is 166 g/mol. The van der Waals surface area contributed by atoms with E-state index in [-0.39, 0.29) is 5.91 Å². The van der Waals surface area contributed by atoms with Crippen LogP contribution in [0, 0.1) is 0 Å². The summed E-state index contributed by atoms with van der Waals surface area (Å²) >= 11 is 0. The first-order valence-electron chi connectivity index (χ1n) is 5.00. The first-order valence-corrected chi connectivity index (χ1v) is 5.00. The Morgan fingerprint density at radius 3 is 2.38 bits per heavy atom. The molecular formula is C10H20NO2. The van der Waals surface area contributed by atoms with Crippen molar-refractivity contribution in [1.82, 2.24) is 4.90 Å². The smallest absolute Gasteiger partial charge is 0.254 e. The zero-order valence-corrected chi connectivity index (χ0v) is 8.88. The number of unbranched alkanes of at least 4 members (excludes halogenated alkanes) is 3. The van der Waals surface area contributed by atoms with Gasteiger partial charge >= 0.3 is 0 Å². The van der Waals surface area contributed by atoms with Crippen molar-refractivity contribution in [3.8, 4) is 0 Å². The molecule has 3 heteroatoms. The molecule has 0 bridgehead atoms. The summed E-state index contributed by atoms with van der Waals surface area (Å²) < 4.78 is 0. The lowest BCUT2D eigenvalue weighted by Gasteiger charge is -2.17. The lowest BCUT2D eigenvalue weighted by atomic mass is 10.2. The van der Waals surface area contributed by atoms with Crippen LogP contribution in [0.3, 0.4) is 0 Å². The Morgan fingerprint density at radius 1 is 1.31 bits per heavy atom. The molecule has 0 heterocycles. The van der Waals surface area contributed by atoms with E-state index in [4.69, 9.17) is 0 Å². The van der Waals surface area contributed by atoms with E-state index in [9.17, 15) is 9.90 Å². The second-order valence-corrected chi connectivity index (χ2v) is 3.46. The lowest BCUT2D eigenvalue weighted by Crippen LogP contribution is -2.34. The predicted molar refractivity (Wildman–Crippen MR) is 51.9 cm³/mol. The highest BCUT2D eigenvalue weighted by atomic mass is 16.3. The van der Waals surface area contributed by atoms with Gasteiger partial charge in [0, 0.05) is 13.6 Å². The number of likely N-dealkylation sites (N-methyl/N-ethyl adjacent to an activating group) is 1. The molecule has 0 aliphatic carbocycles. The summed E-state index contributed by atoms with van der Waals surface area (Å²) in [6, 6.07) is 0. The van der Waals surface area contributed by atoms with Gasteiger partial charge in [-0.05, 0) is 13.3 Å². The van der Waals surface area contributed by atoms with Crippen molar-refractivity contribution >= 4 is 5.91 Å². The standard InChI is InChI=1S/C10H20NO2/c1-4-5-6-7-8-11(3)10(13)9(2)12/h9H,4-8H2,1-3H3. The molecule has 3 nitrogen and oxygen atoms in total. The van der Waals surface area contributed by atoms with E-state index in [1.807, 2.05) is 0 Å². The van der Waals surface area contributed by atoms with Gasteiger partial charge in [0.15, 0.2) is 6.10 Å². The molecule has 13 heavy (non-hydrogen) atoms. The molecule has 0 rings (SSSR count). The molecule has 1 atom stereocenters. The van der Waals surface area contributed by atoms with Crippen molar-refractivity contribution in [3.05, 3.63) is 0 Å². The molecule has 0 aliphatic heterocycles. The highest BCUT2D eigenvalue weighted by molar-refractivity contribution is 5.79. The van der Waals surface area contributed by atoms with Crippen molar-refractivity contribution in [1.29, 1.82) is 0 Å². The van der Waals surface area contributed by atoms with Crippen LogP contribution >= 0.6 is 0 Å². The first-order chi connectivity index (χ1) is 6.09. The van der Waals surface area contributed by atoms with E-state index >= 15 is 0 Å². The van der Waals surface area contributed by atoms with Crippen LogP contribution in [-0.2, 0) is 9.90 Å². The molecule has 0 aliphatic rings. The van der Waals surface area contributed by atoms with Crippen LogP contribution in [0.5, 0.6) is 0 Å². The topological polar surface area (TPSA) is 40.2 Å². The van der Waals surface area contributed by atoms with Gasteiger partial charge in [0.2, 0.25) is 0 Å². The Morgan fingerprint density at radius 2 is 1.92 bits per heavy atom. The van der Waals surface area contributed by atoms with E-state index in [0.29, 0.717) is 6.54 Å². The van der Waals surface area contributed by atoms with Gasteiger partial charge in [-0.1, -0.05) is 26.2 Å². The van der Waals surface area contributed by atoms with Crippen LogP contribution in [0.4, 0.5) is 0 Å². The van der Waals surface area contributed by atoms with Crippen LogP contribution in [0.2, 0.25) is 0 Å². The summed E-state index contributed by atoms with van der Waals surface area (Å²) in [5, 5.41) is 10.8. The van der Waals surface area contributed by atoms with Crippen molar-refractivity contribution < 1.29 is 9.90 Å². The van der Waals surface area contributed by atoms with Crippen molar-refractivity contribution in [3.63, 3.8) is 0 Å². The third-order valence-electron chi connectivity index (χ3n) is 2.07. The number of carbonyl (C=O) groups excluding carboxylic acids is 1. The summed E-state index contributed by atoms with van der Waals surface area (Å²) in [5.74, 6) is -0.295. The summed E-state index contributed by atoms with van der Waals surface area (Å²) in [6.45, 7) is 4.25. The monoisotopic (exact) mass is 186 g/mol. The third-order valence-corrected chi connectivity index (χ3v) is 2.07. The first kappa shape index (κ1) is 12.4. The van der Waals surface area contributed by atoms with Crippen LogP contribution in [0.15, 0.2) is 0 Å². The number of hydrogen-bond acceptors (Lipinski definition) is 1. The fraction of sp³-hybridized carbons (Fsp3) is 0.900. The summed E-state index contributed by atoms with van der Waals surface area (Å²) in [7, 11) is 1.70. The van der Waals surface area contributed by atoms with E-state index in [2.05, 4.69) is 6.92 Å². The molecule has 0 aromatic heterocycles. The average Bonchev–Trinajstić information content (AvgIpc) is 2.10. The fourth-order valence-corrected chi connectivity index (χ4v) is 1.20. The predicted octanol–water partition coefficient (Wildman–Crippen LogP) is 1.84. The average molecular weight is 186 g/mol. The number of amides is 1. The van der Waals surface area contributed by atoms with Crippen LogP contribution < -0.4 is 0 Å². The summed E-state index contributed by atoms with van der Waals surface area (Å²) in [4.78, 5) is 12.7. The summed E-state index contributed by atoms with van der Waals surface area (Å²) in [5.41, 5.74) is 0. The van der Waals surface area contributed by atoms with Crippen LogP contribution in [0.1, 0.15) is 39.5 Å². The Kier molecular flexibility index (Phi) is 6.59. The third kappa shape index (κ3) is 5.64. The molecule has 1 unspecified atom stereocenters. The van der Waals surface area contributed by atoms with Crippen LogP contribution in [-0.4, -0.2) is 30.5 Å². The molecule has 0 saturated carbocycles. The summed E-state index contributed by atoms with van der Waals surface area (Å²) in [6.07, 6.45) is 3.42. The van der Waals surface area contributed by atoms with Crippen LogP contribution in [0.25, 0.3) is 0 Å². The fourth-order valence-electron chi connectivity index (χ4n) is 1.20. The second kappa shape index (κ2) is 6.89. The quantitative estimate of drug-likeness (QED) is 0.583. The van der Waals surface area contributed by atoms with Gasteiger partial charge in [-0.3, -0.25) is 4.79 Å². The molecule has 0 spiro atoms. The number of rotatable bonds is 6. The second-order valence-electron chi connectivity index (χ2n) is 3.46. The number of carbonyl (C=O) groups is 1. The van der Waals surface area contributed by atoms with Gasteiger partial charge in [0.1, 0.15) is 0 Å². The molecule has 0 fully saturated rings. The zero-order valence-electron chi connectivity index (χ0n) is 8.88. The number of hydrogen-bond donors (Lipinski definition) is 0. The normalized spacial score (nSPS) is 12.6. The minimum atomic E-state index is -1.11. The maximum Gasteiger partial charge on any atom is 0.254 e. The van der Waals surface area contributed by atoms with E-state index in [0.717, 1.165) is 12.8 Å². The van der Waals surface area contributed by atoms with Gasteiger partial charge in [0.05, 0.1) is 0 Å². The highest BCUT2D eigenvalue weighted by Gasteiger charge is 2.14. The Bertz CT molecular complexity index is 146. The van der Waals surface area contributed by atoms with Gasteiger partial charge in [-0.15, -0.1) is 0 Å². The lowest BCUT2D eigenvalue weighted by molar-refractivity contribution is -0.141. The molecule has 0 saturated heterocycles.